The van der Waals surface area contributed by atoms with Crippen LogP contribution >= 0.6 is 11.6 Å². The van der Waals surface area contributed by atoms with Crippen LogP contribution in [0.4, 0.5) is 0 Å². The third-order valence-corrected chi connectivity index (χ3v) is 4.46. The molecular formula is C22H14ClNO. The third-order valence-electron chi connectivity index (χ3n) is 4.15. The van der Waals surface area contributed by atoms with E-state index in [1.165, 1.54) is 0 Å². The number of aromatic nitrogens is 1. The number of nitrogens with zero attached hydrogens (tertiary/aromatic N) is 1. The minimum Gasteiger partial charge on any atom is -0.287 e. The van der Waals surface area contributed by atoms with E-state index in [4.69, 9.17) is 11.6 Å². The molecule has 4 rings (SSSR count). The van der Waals surface area contributed by atoms with Crippen LogP contribution in [0.1, 0.15) is 16.1 Å². The first-order valence-corrected chi connectivity index (χ1v) is 8.36. The van der Waals surface area contributed by atoms with Crippen molar-refractivity contribution in [2.45, 2.75) is 0 Å². The number of hydrogen-bond acceptors (Lipinski definition) is 2. The van der Waals surface area contributed by atoms with Crippen LogP contribution in [0.2, 0.25) is 5.02 Å². The number of fused-ring (bicyclic) bond motifs is 1. The second-order valence-electron chi connectivity index (χ2n) is 5.78. The topological polar surface area (TPSA) is 30.0 Å². The van der Waals surface area contributed by atoms with Crippen molar-refractivity contribution < 1.29 is 4.79 Å². The first kappa shape index (κ1) is 15.6. The number of carbonyl (C=O) groups excluding carboxylic acids is 1. The van der Waals surface area contributed by atoms with Gasteiger partial charge in [-0.25, -0.2) is 4.98 Å². The van der Waals surface area contributed by atoms with Gasteiger partial charge in [-0.3, -0.25) is 4.79 Å². The Balaban J connectivity index is 1.72. The molecule has 0 atom stereocenters. The highest BCUT2D eigenvalue weighted by Gasteiger charge is 2.15. The lowest BCUT2D eigenvalue weighted by Gasteiger charge is -2.07. The Labute approximate surface area is 150 Å². The van der Waals surface area contributed by atoms with Crippen LogP contribution in [0, 0.1) is 0 Å². The summed E-state index contributed by atoms with van der Waals surface area (Å²) >= 11 is 6.39. The summed E-state index contributed by atoms with van der Waals surface area (Å²) in [6.45, 7) is 0. The Hall–Kier alpha value is -2.97. The van der Waals surface area contributed by atoms with Crippen LogP contribution < -0.4 is 0 Å². The smallest absolute Gasteiger partial charge is 0.212 e. The lowest BCUT2D eigenvalue weighted by atomic mass is 10.0. The first-order chi connectivity index (χ1) is 12.2. The summed E-state index contributed by atoms with van der Waals surface area (Å²) in [6.07, 6.45) is 0. The highest BCUT2D eigenvalue weighted by atomic mass is 35.5. The summed E-state index contributed by atoms with van der Waals surface area (Å²) in [5.41, 5.74) is 3.70. The molecule has 4 aromatic rings. The summed E-state index contributed by atoms with van der Waals surface area (Å²) in [6, 6.07) is 26.8. The minimum atomic E-state index is -0.171. The molecule has 3 aromatic carbocycles. The molecule has 0 spiro atoms. The molecule has 0 bridgehead atoms. The summed E-state index contributed by atoms with van der Waals surface area (Å²) in [5, 5.41) is 1.44. The molecule has 3 heteroatoms. The Morgan fingerprint density at radius 1 is 0.760 bits per heavy atom. The van der Waals surface area contributed by atoms with Crippen molar-refractivity contribution >= 4 is 28.3 Å². The SMILES string of the molecule is O=C(c1ccc2ccccc2n1)c1ccc(-c2ccccc2)cc1Cl. The first-order valence-electron chi connectivity index (χ1n) is 7.98. The van der Waals surface area contributed by atoms with E-state index in [1.807, 2.05) is 72.8 Å². The van der Waals surface area contributed by atoms with Gasteiger partial charge in [0.15, 0.2) is 0 Å². The molecule has 0 saturated carbocycles. The van der Waals surface area contributed by atoms with Gasteiger partial charge < -0.3 is 0 Å². The molecule has 0 saturated heterocycles. The number of benzene rings is 3. The van der Waals surface area contributed by atoms with E-state index in [0.717, 1.165) is 22.0 Å². The van der Waals surface area contributed by atoms with Gasteiger partial charge >= 0.3 is 0 Å². The molecule has 1 aromatic heterocycles. The maximum atomic E-state index is 12.8. The van der Waals surface area contributed by atoms with Crippen LogP contribution in [0.25, 0.3) is 22.0 Å². The van der Waals surface area contributed by atoms with Gasteiger partial charge in [0.2, 0.25) is 5.78 Å². The fourth-order valence-electron chi connectivity index (χ4n) is 2.84. The molecule has 25 heavy (non-hydrogen) atoms. The third kappa shape index (κ3) is 3.04. The van der Waals surface area contributed by atoms with E-state index in [1.54, 1.807) is 12.1 Å². The maximum absolute atomic E-state index is 12.8. The van der Waals surface area contributed by atoms with Gasteiger partial charge in [-0.15, -0.1) is 0 Å². The molecule has 0 unspecified atom stereocenters. The van der Waals surface area contributed by atoms with E-state index < -0.39 is 0 Å². The van der Waals surface area contributed by atoms with Crippen LogP contribution in [0.3, 0.4) is 0 Å². The number of pyridine rings is 1. The number of halogens is 1. The van der Waals surface area contributed by atoms with E-state index in [-0.39, 0.29) is 5.78 Å². The quantitative estimate of drug-likeness (QED) is 0.441. The predicted octanol–water partition coefficient (Wildman–Crippen LogP) is 5.79. The number of para-hydroxylation sites is 1. The van der Waals surface area contributed by atoms with E-state index in [0.29, 0.717) is 16.3 Å². The zero-order chi connectivity index (χ0) is 17.2. The van der Waals surface area contributed by atoms with Gasteiger partial charge in [0.25, 0.3) is 0 Å². The fraction of sp³-hybridized carbons (Fsp3) is 0. The summed E-state index contributed by atoms with van der Waals surface area (Å²) < 4.78 is 0. The molecule has 0 radical (unpaired) electrons. The van der Waals surface area contributed by atoms with Gasteiger partial charge in [-0.1, -0.05) is 72.3 Å². The normalized spacial score (nSPS) is 10.8. The minimum absolute atomic E-state index is 0.171. The lowest BCUT2D eigenvalue weighted by molar-refractivity contribution is 0.103. The number of ketones is 1. The van der Waals surface area contributed by atoms with Crippen molar-refractivity contribution in [1.29, 1.82) is 0 Å². The lowest BCUT2D eigenvalue weighted by Crippen LogP contribution is -2.05. The molecule has 0 aliphatic carbocycles. The van der Waals surface area contributed by atoms with E-state index in [2.05, 4.69) is 4.98 Å². The van der Waals surface area contributed by atoms with Gasteiger partial charge in [0.05, 0.1) is 10.5 Å². The van der Waals surface area contributed by atoms with Crippen molar-refractivity contribution in [3.05, 3.63) is 101 Å². The average Bonchev–Trinajstić information content (AvgIpc) is 2.67. The van der Waals surface area contributed by atoms with E-state index in [9.17, 15) is 4.79 Å². The molecular weight excluding hydrogens is 330 g/mol. The highest BCUT2D eigenvalue weighted by Crippen LogP contribution is 2.27. The Kier molecular flexibility index (Phi) is 4.04. The second-order valence-corrected chi connectivity index (χ2v) is 6.19. The molecule has 0 N–H and O–H groups in total. The molecule has 2 nitrogen and oxygen atoms in total. The zero-order valence-electron chi connectivity index (χ0n) is 13.3. The van der Waals surface area contributed by atoms with Crippen molar-refractivity contribution in [3.8, 4) is 11.1 Å². The Bertz CT molecular complexity index is 1070. The van der Waals surface area contributed by atoms with Crippen LogP contribution in [-0.2, 0) is 0 Å². The Morgan fingerprint density at radius 2 is 1.52 bits per heavy atom. The largest absolute Gasteiger partial charge is 0.287 e. The molecule has 0 fully saturated rings. The zero-order valence-corrected chi connectivity index (χ0v) is 14.1. The van der Waals surface area contributed by atoms with Gasteiger partial charge in [0, 0.05) is 10.9 Å². The van der Waals surface area contributed by atoms with E-state index >= 15 is 0 Å². The van der Waals surface area contributed by atoms with Crippen LogP contribution in [0.15, 0.2) is 84.9 Å². The monoisotopic (exact) mass is 343 g/mol. The molecule has 1 heterocycles. The average molecular weight is 344 g/mol. The second kappa shape index (κ2) is 6.50. The standard InChI is InChI=1S/C22H14ClNO/c23-19-14-17(15-6-2-1-3-7-15)10-12-18(19)22(25)21-13-11-16-8-4-5-9-20(16)24-21/h1-14H. The van der Waals surface area contributed by atoms with Crippen LogP contribution in [-0.4, -0.2) is 10.8 Å². The van der Waals surface area contributed by atoms with Crippen molar-refractivity contribution in [2.75, 3.05) is 0 Å². The predicted molar refractivity (Wildman–Crippen MR) is 102 cm³/mol. The fourth-order valence-corrected chi connectivity index (χ4v) is 3.11. The molecule has 0 aliphatic heterocycles. The summed E-state index contributed by atoms with van der Waals surface area (Å²) in [5.74, 6) is -0.171. The molecule has 0 amide bonds. The molecule has 120 valence electrons. The van der Waals surface area contributed by atoms with Gasteiger partial charge in [0.1, 0.15) is 5.69 Å². The summed E-state index contributed by atoms with van der Waals surface area (Å²) in [4.78, 5) is 17.3. The maximum Gasteiger partial charge on any atom is 0.212 e. The highest BCUT2D eigenvalue weighted by molar-refractivity contribution is 6.35. The Morgan fingerprint density at radius 3 is 2.32 bits per heavy atom. The van der Waals surface area contributed by atoms with Gasteiger partial charge in [-0.05, 0) is 35.4 Å². The summed E-state index contributed by atoms with van der Waals surface area (Å²) in [7, 11) is 0. The van der Waals surface area contributed by atoms with Crippen LogP contribution in [0.5, 0.6) is 0 Å². The number of rotatable bonds is 3. The van der Waals surface area contributed by atoms with Crippen molar-refractivity contribution in [2.24, 2.45) is 0 Å². The number of carbonyl (C=O) groups is 1. The molecule has 0 aliphatic rings. The van der Waals surface area contributed by atoms with Gasteiger partial charge in [-0.2, -0.15) is 0 Å². The van der Waals surface area contributed by atoms with Crippen molar-refractivity contribution in [3.63, 3.8) is 0 Å². The number of hydrogen-bond donors (Lipinski definition) is 0. The van der Waals surface area contributed by atoms with Crippen molar-refractivity contribution in [1.82, 2.24) is 4.98 Å².